The third kappa shape index (κ3) is 4.09. The highest BCUT2D eigenvalue weighted by Gasteiger charge is 2.09. The summed E-state index contributed by atoms with van der Waals surface area (Å²) >= 11 is 0. The van der Waals surface area contributed by atoms with Crippen molar-refractivity contribution >= 4 is 7.41 Å². The molecular weight excluding hydrogens is 149 g/mol. The first-order valence-corrected chi connectivity index (χ1v) is 4.72. The highest BCUT2D eigenvalue weighted by Crippen LogP contribution is 1.93. The molecule has 1 heterocycles. The van der Waals surface area contributed by atoms with E-state index >= 15 is 0 Å². The quantitative estimate of drug-likeness (QED) is 0.570. The van der Waals surface area contributed by atoms with E-state index in [2.05, 4.69) is 36.5 Å². The molecule has 1 N–H and O–H groups in total. The molecule has 0 aromatic carbocycles. The van der Waals surface area contributed by atoms with Crippen molar-refractivity contribution in [2.45, 2.75) is 6.32 Å². The Hall–Kier alpha value is -0.0551. The number of rotatable bonds is 4. The summed E-state index contributed by atoms with van der Waals surface area (Å²) in [4.78, 5) is 4.64. The molecule has 1 fully saturated rings. The van der Waals surface area contributed by atoms with Gasteiger partial charge in [0.15, 0.2) is 0 Å². The van der Waals surface area contributed by atoms with Crippen LogP contribution in [0, 0.1) is 0 Å². The molecule has 0 bridgehead atoms. The monoisotopic (exact) mass is 168 g/mol. The molecule has 0 aliphatic carbocycles. The summed E-state index contributed by atoms with van der Waals surface area (Å²) in [5, 5.41) is 3.34. The minimum absolute atomic E-state index is 1.14. The largest absolute Gasteiger partial charge is 0.344 e. The SMILES string of the molecule is CN(C)CC[B]N1CCNCC1. The van der Waals surface area contributed by atoms with E-state index in [4.69, 9.17) is 0 Å². The average molecular weight is 168 g/mol. The van der Waals surface area contributed by atoms with E-state index in [-0.39, 0.29) is 0 Å². The maximum Gasteiger partial charge on any atom is 0.209 e. The average Bonchev–Trinajstić information content (AvgIpc) is 2.05. The van der Waals surface area contributed by atoms with Gasteiger partial charge in [-0.1, -0.05) is 6.32 Å². The number of nitrogens with zero attached hydrogens (tertiary/aromatic N) is 2. The first-order valence-electron chi connectivity index (χ1n) is 4.72. The summed E-state index contributed by atoms with van der Waals surface area (Å²) < 4.78 is 0. The lowest BCUT2D eigenvalue weighted by Gasteiger charge is -2.27. The lowest BCUT2D eigenvalue weighted by atomic mass is 9.85. The second-order valence-corrected chi connectivity index (χ2v) is 3.56. The van der Waals surface area contributed by atoms with Crippen LogP contribution < -0.4 is 5.32 Å². The van der Waals surface area contributed by atoms with Crippen LogP contribution in [0.1, 0.15) is 0 Å². The van der Waals surface area contributed by atoms with Crippen molar-refractivity contribution in [2.24, 2.45) is 0 Å². The van der Waals surface area contributed by atoms with Gasteiger partial charge in [0.2, 0.25) is 7.41 Å². The molecule has 0 aromatic heterocycles. The molecule has 0 aromatic rings. The highest BCUT2D eigenvalue weighted by molar-refractivity contribution is 6.32. The van der Waals surface area contributed by atoms with Gasteiger partial charge in [-0.3, -0.25) is 0 Å². The van der Waals surface area contributed by atoms with E-state index in [1.165, 1.54) is 19.4 Å². The predicted octanol–water partition coefficient (Wildman–Crippen LogP) is -0.509. The minimum Gasteiger partial charge on any atom is -0.344 e. The Morgan fingerprint density at radius 2 is 2.00 bits per heavy atom. The van der Waals surface area contributed by atoms with Crippen molar-refractivity contribution < 1.29 is 0 Å². The van der Waals surface area contributed by atoms with Crippen LogP contribution in [0.5, 0.6) is 0 Å². The first-order chi connectivity index (χ1) is 5.79. The molecule has 12 heavy (non-hydrogen) atoms. The summed E-state index contributed by atoms with van der Waals surface area (Å²) in [5.74, 6) is 0. The maximum absolute atomic E-state index is 3.34. The third-order valence-electron chi connectivity index (χ3n) is 2.12. The third-order valence-corrected chi connectivity index (χ3v) is 2.12. The van der Waals surface area contributed by atoms with Crippen molar-refractivity contribution in [1.82, 2.24) is 15.0 Å². The molecule has 1 aliphatic heterocycles. The number of piperazine rings is 1. The number of hydrogen-bond donors (Lipinski definition) is 1. The van der Waals surface area contributed by atoms with Gasteiger partial charge in [-0.15, -0.1) is 0 Å². The normalized spacial score (nSPS) is 19.9. The van der Waals surface area contributed by atoms with Crippen LogP contribution in [0.15, 0.2) is 0 Å². The molecule has 0 atom stereocenters. The van der Waals surface area contributed by atoms with E-state index < -0.39 is 0 Å². The van der Waals surface area contributed by atoms with Gasteiger partial charge in [0.25, 0.3) is 0 Å². The highest BCUT2D eigenvalue weighted by atomic mass is 15.1. The van der Waals surface area contributed by atoms with Crippen molar-refractivity contribution in [2.75, 3.05) is 46.8 Å². The predicted molar refractivity (Wildman–Crippen MR) is 53.6 cm³/mol. The summed E-state index contributed by atoms with van der Waals surface area (Å²) in [5.41, 5.74) is 0. The van der Waals surface area contributed by atoms with E-state index in [1.807, 2.05) is 0 Å². The summed E-state index contributed by atoms with van der Waals surface area (Å²) in [6, 6.07) is 0. The Balaban J connectivity index is 1.98. The fourth-order valence-electron chi connectivity index (χ4n) is 1.36. The van der Waals surface area contributed by atoms with Crippen LogP contribution >= 0.6 is 0 Å². The second-order valence-electron chi connectivity index (χ2n) is 3.56. The Labute approximate surface area is 76.4 Å². The van der Waals surface area contributed by atoms with Crippen LogP contribution in [-0.4, -0.2) is 63.9 Å². The van der Waals surface area contributed by atoms with Crippen LogP contribution in [0.3, 0.4) is 0 Å². The molecule has 0 unspecified atom stereocenters. The molecule has 1 saturated heterocycles. The van der Waals surface area contributed by atoms with E-state index in [0.29, 0.717) is 0 Å². The van der Waals surface area contributed by atoms with Crippen molar-refractivity contribution in [3.05, 3.63) is 0 Å². The van der Waals surface area contributed by atoms with E-state index in [0.717, 1.165) is 19.6 Å². The lowest BCUT2D eigenvalue weighted by Crippen LogP contribution is -2.45. The fourth-order valence-corrected chi connectivity index (χ4v) is 1.36. The van der Waals surface area contributed by atoms with E-state index in [1.54, 1.807) is 0 Å². The zero-order chi connectivity index (χ0) is 8.81. The zero-order valence-corrected chi connectivity index (χ0v) is 8.21. The summed E-state index contributed by atoms with van der Waals surface area (Å²) in [6.45, 7) is 5.78. The van der Waals surface area contributed by atoms with Gasteiger partial charge in [0.05, 0.1) is 0 Å². The molecule has 69 valence electrons. The minimum atomic E-state index is 1.14. The van der Waals surface area contributed by atoms with Gasteiger partial charge in [0.1, 0.15) is 0 Å². The molecule has 1 rings (SSSR count). The van der Waals surface area contributed by atoms with Gasteiger partial charge in [-0.05, 0) is 33.7 Å². The number of hydrogen-bond acceptors (Lipinski definition) is 3. The molecule has 0 spiro atoms. The summed E-state index contributed by atoms with van der Waals surface area (Å²) in [7, 11) is 6.57. The van der Waals surface area contributed by atoms with Crippen LogP contribution in [0.2, 0.25) is 6.32 Å². The molecule has 0 saturated carbocycles. The van der Waals surface area contributed by atoms with Crippen molar-refractivity contribution in [3.8, 4) is 0 Å². The second kappa shape index (κ2) is 5.57. The zero-order valence-electron chi connectivity index (χ0n) is 8.21. The molecule has 4 heteroatoms. The van der Waals surface area contributed by atoms with Gasteiger partial charge in [-0.25, -0.2) is 0 Å². The Morgan fingerprint density at radius 3 is 2.58 bits per heavy atom. The molecule has 3 nitrogen and oxygen atoms in total. The fraction of sp³-hybridized carbons (Fsp3) is 1.00. The Bertz CT molecular complexity index is 113. The van der Waals surface area contributed by atoms with E-state index in [9.17, 15) is 0 Å². The molecule has 1 radical (unpaired) electrons. The summed E-state index contributed by atoms with van der Waals surface area (Å²) in [6.07, 6.45) is 1.17. The maximum atomic E-state index is 3.34. The molecular formula is C8H19BN3. The van der Waals surface area contributed by atoms with Crippen LogP contribution in [0.4, 0.5) is 0 Å². The first kappa shape index (κ1) is 10.0. The smallest absolute Gasteiger partial charge is 0.209 e. The van der Waals surface area contributed by atoms with Gasteiger partial charge in [-0.2, -0.15) is 0 Å². The van der Waals surface area contributed by atoms with Gasteiger partial charge >= 0.3 is 0 Å². The topological polar surface area (TPSA) is 18.5 Å². The Kier molecular flexibility index (Phi) is 4.65. The standard InChI is InChI=1S/C8H19BN3/c1-11(2)6-3-9-12-7-4-10-5-8-12/h10H,3-8H2,1-2H3. The van der Waals surface area contributed by atoms with Crippen LogP contribution in [-0.2, 0) is 0 Å². The van der Waals surface area contributed by atoms with Crippen LogP contribution in [0.25, 0.3) is 0 Å². The Morgan fingerprint density at radius 1 is 1.33 bits per heavy atom. The van der Waals surface area contributed by atoms with Crippen molar-refractivity contribution in [1.29, 1.82) is 0 Å². The van der Waals surface area contributed by atoms with Gasteiger partial charge < -0.3 is 15.0 Å². The lowest BCUT2D eigenvalue weighted by molar-refractivity contribution is 0.368. The molecule has 0 amide bonds. The van der Waals surface area contributed by atoms with Gasteiger partial charge in [0, 0.05) is 13.1 Å². The number of nitrogens with one attached hydrogen (secondary N) is 1. The molecule has 1 aliphatic rings. The van der Waals surface area contributed by atoms with Crippen molar-refractivity contribution in [3.63, 3.8) is 0 Å².